The molecule has 0 aliphatic heterocycles. The third-order valence-electron chi connectivity index (χ3n) is 3.63. The summed E-state index contributed by atoms with van der Waals surface area (Å²) in [5.41, 5.74) is -0.524. The van der Waals surface area contributed by atoms with E-state index in [-0.39, 0.29) is 0 Å². The average Bonchev–Trinajstić information content (AvgIpc) is 2.42. The first-order valence-electron chi connectivity index (χ1n) is 5.47. The van der Waals surface area contributed by atoms with Gasteiger partial charge >= 0.3 is 12.4 Å². The fraction of sp³-hybridized carbons (Fsp3) is 1.00. The summed E-state index contributed by atoms with van der Waals surface area (Å²) in [7, 11) is 0. The molecule has 0 aromatic carbocycles. The van der Waals surface area contributed by atoms with Crippen LogP contribution in [-0.4, -0.2) is 12.4 Å². The summed E-state index contributed by atoms with van der Waals surface area (Å²) >= 11 is 0. The lowest BCUT2D eigenvalue weighted by molar-refractivity contribution is -0.245. The van der Waals surface area contributed by atoms with Crippen molar-refractivity contribution in [3.8, 4) is 0 Å². The first-order valence-corrected chi connectivity index (χ1v) is 5.47. The highest BCUT2D eigenvalue weighted by atomic mass is 19.4. The van der Waals surface area contributed by atoms with E-state index in [1.165, 1.54) is 0 Å². The molecule has 1 aliphatic carbocycles. The fourth-order valence-electron chi connectivity index (χ4n) is 2.47. The van der Waals surface area contributed by atoms with E-state index in [0.717, 1.165) is 0 Å². The monoisotopic (exact) mass is 262 g/mol. The van der Waals surface area contributed by atoms with Crippen molar-refractivity contribution in [2.45, 2.75) is 46.0 Å². The lowest BCUT2D eigenvalue weighted by Crippen LogP contribution is -2.35. The highest BCUT2D eigenvalue weighted by molar-refractivity contribution is 4.94. The third-order valence-corrected chi connectivity index (χ3v) is 3.63. The van der Waals surface area contributed by atoms with Crippen LogP contribution in [0.5, 0.6) is 0 Å². The summed E-state index contributed by atoms with van der Waals surface area (Å²) in [4.78, 5) is 0. The van der Waals surface area contributed by atoms with Gasteiger partial charge in [0.15, 0.2) is 0 Å². The molecule has 1 fully saturated rings. The van der Waals surface area contributed by atoms with Crippen molar-refractivity contribution in [2.75, 3.05) is 0 Å². The molecular weight excluding hydrogens is 246 g/mol. The normalized spacial score (nSPS) is 31.9. The molecule has 1 rings (SSSR count). The predicted octanol–water partition coefficient (Wildman–Crippen LogP) is 4.80. The van der Waals surface area contributed by atoms with Gasteiger partial charge in [-0.1, -0.05) is 20.8 Å². The Morgan fingerprint density at radius 1 is 0.706 bits per heavy atom. The van der Waals surface area contributed by atoms with Crippen molar-refractivity contribution in [2.24, 2.45) is 23.2 Å². The standard InChI is InChI=1S/C11H16F6/c1-9(2,3)6-4-7(10(12,13)14)8(5-6)11(15,16)17/h6-8H,4-5H2,1-3H3. The Bertz CT molecular complexity index is 247. The molecule has 0 aromatic rings. The molecule has 17 heavy (non-hydrogen) atoms. The Kier molecular flexibility index (Phi) is 3.49. The minimum absolute atomic E-state index is 0.419. The quantitative estimate of drug-likeness (QED) is 0.550. The molecule has 1 aliphatic rings. The summed E-state index contributed by atoms with van der Waals surface area (Å²) in [6, 6.07) is 0. The van der Waals surface area contributed by atoms with Gasteiger partial charge in [0.05, 0.1) is 11.8 Å². The molecular formula is C11H16F6. The van der Waals surface area contributed by atoms with Crippen molar-refractivity contribution >= 4 is 0 Å². The van der Waals surface area contributed by atoms with Gasteiger partial charge in [-0.25, -0.2) is 0 Å². The zero-order valence-electron chi connectivity index (χ0n) is 9.91. The van der Waals surface area contributed by atoms with Crippen molar-refractivity contribution in [1.82, 2.24) is 0 Å². The van der Waals surface area contributed by atoms with Gasteiger partial charge in [-0.15, -0.1) is 0 Å². The summed E-state index contributed by atoms with van der Waals surface area (Å²) in [5, 5.41) is 0. The largest absolute Gasteiger partial charge is 0.392 e. The maximum atomic E-state index is 12.6. The molecule has 2 unspecified atom stereocenters. The van der Waals surface area contributed by atoms with E-state index < -0.39 is 48.4 Å². The number of hydrogen-bond donors (Lipinski definition) is 0. The van der Waals surface area contributed by atoms with Gasteiger partial charge in [0.1, 0.15) is 0 Å². The highest BCUT2D eigenvalue weighted by Crippen LogP contribution is 2.55. The molecule has 0 nitrogen and oxygen atoms in total. The van der Waals surface area contributed by atoms with Crippen LogP contribution in [0.2, 0.25) is 0 Å². The van der Waals surface area contributed by atoms with Gasteiger partial charge < -0.3 is 0 Å². The van der Waals surface area contributed by atoms with Crippen LogP contribution in [0, 0.1) is 23.2 Å². The topological polar surface area (TPSA) is 0 Å². The average molecular weight is 262 g/mol. The second-order valence-corrected chi connectivity index (χ2v) is 5.83. The van der Waals surface area contributed by atoms with Crippen LogP contribution in [0.15, 0.2) is 0 Å². The molecule has 0 amide bonds. The van der Waals surface area contributed by atoms with Gasteiger partial charge in [0, 0.05) is 0 Å². The fourth-order valence-corrected chi connectivity index (χ4v) is 2.47. The first-order chi connectivity index (χ1) is 7.33. The minimum atomic E-state index is -4.76. The molecule has 2 atom stereocenters. The zero-order valence-corrected chi connectivity index (χ0v) is 9.91. The lowest BCUT2D eigenvalue weighted by atomic mass is 9.79. The Labute approximate surface area is 96.4 Å². The van der Waals surface area contributed by atoms with Crippen molar-refractivity contribution < 1.29 is 26.3 Å². The van der Waals surface area contributed by atoms with Gasteiger partial charge in [-0.05, 0) is 24.2 Å². The number of halogens is 6. The maximum Gasteiger partial charge on any atom is 0.392 e. The summed E-state index contributed by atoms with van der Waals surface area (Å²) < 4.78 is 75.6. The van der Waals surface area contributed by atoms with Crippen molar-refractivity contribution in [3.63, 3.8) is 0 Å². The summed E-state index contributed by atoms with van der Waals surface area (Å²) in [6.45, 7) is 5.05. The second-order valence-electron chi connectivity index (χ2n) is 5.83. The summed E-state index contributed by atoms with van der Waals surface area (Å²) in [6.07, 6.45) is -10.4. The van der Waals surface area contributed by atoms with E-state index in [2.05, 4.69) is 0 Å². The van der Waals surface area contributed by atoms with E-state index in [0.29, 0.717) is 0 Å². The molecule has 0 bridgehead atoms. The molecule has 0 N–H and O–H groups in total. The van der Waals surface area contributed by atoms with Crippen LogP contribution in [0.4, 0.5) is 26.3 Å². The van der Waals surface area contributed by atoms with Gasteiger partial charge in [-0.2, -0.15) is 26.3 Å². The zero-order chi connectivity index (χ0) is 13.6. The van der Waals surface area contributed by atoms with E-state index in [1.807, 2.05) is 0 Å². The SMILES string of the molecule is CC(C)(C)C1CC(C(F)(F)F)C(C(F)(F)F)C1. The van der Waals surface area contributed by atoms with Crippen LogP contribution >= 0.6 is 0 Å². The molecule has 0 saturated heterocycles. The first kappa shape index (κ1) is 14.6. The van der Waals surface area contributed by atoms with E-state index in [4.69, 9.17) is 0 Å². The molecule has 0 aromatic heterocycles. The Morgan fingerprint density at radius 2 is 1.00 bits per heavy atom. The van der Waals surface area contributed by atoms with E-state index in [1.54, 1.807) is 20.8 Å². The Hall–Kier alpha value is -0.420. The molecule has 1 saturated carbocycles. The smallest absolute Gasteiger partial charge is 0.171 e. The van der Waals surface area contributed by atoms with Crippen LogP contribution in [-0.2, 0) is 0 Å². The Balaban J connectivity index is 2.96. The lowest BCUT2D eigenvalue weighted by Gasteiger charge is -2.27. The summed E-state index contributed by atoms with van der Waals surface area (Å²) in [5.74, 6) is -5.03. The van der Waals surface area contributed by atoms with Crippen molar-refractivity contribution in [3.05, 3.63) is 0 Å². The highest BCUT2D eigenvalue weighted by Gasteiger charge is 2.60. The van der Waals surface area contributed by atoms with E-state index in [9.17, 15) is 26.3 Å². The Morgan fingerprint density at radius 3 is 1.18 bits per heavy atom. The number of hydrogen-bond acceptors (Lipinski definition) is 0. The molecule has 102 valence electrons. The minimum Gasteiger partial charge on any atom is -0.171 e. The van der Waals surface area contributed by atoms with Crippen molar-refractivity contribution in [1.29, 1.82) is 0 Å². The van der Waals surface area contributed by atoms with Crippen LogP contribution in [0.1, 0.15) is 33.6 Å². The maximum absolute atomic E-state index is 12.6. The van der Waals surface area contributed by atoms with Crippen LogP contribution in [0.25, 0.3) is 0 Å². The van der Waals surface area contributed by atoms with Gasteiger partial charge in [-0.3, -0.25) is 0 Å². The second kappa shape index (κ2) is 4.05. The molecule has 6 heteroatoms. The molecule has 0 spiro atoms. The third kappa shape index (κ3) is 3.28. The predicted molar refractivity (Wildman–Crippen MR) is 51.3 cm³/mol. The number of rotatable bonds is 0. The molecule has 0 radical (unpaired) electrons. The van der Waals surface area contributed by atoms with Gasteiger partial charge in [0.2, 0.25) is 0 Å². The molecule has 0 heterocycles. The van der Waals surface area contributed by atoms with Gasteiger partial charge in [0.25, 0.3) is 0 Å². The van der Waals surface area contributed by atoms with Crippen LogP contribution < -0.4 is 0 Å². The number of alkyl halides is 6. The van der Waals surface area contributed by atoms with Crippen LogP contribution in [0.3, 0.4) is 0 Å². The van der Waals surface area contributed by atoms with E-state index >= 15 is 0 Å².